The van der Waals surface area contributed by atoms with Crippen LogP contribution in [0, 0.1) is 11.6 Å². The second-order valence-electron chi connectivity index (χ2n) is 5.40. The molecule has 0 fully saturated rings. The lowest BCUT2D eigenvalue weighted by atomic mass is 9.96. The minimum atomic E-state index is -1.04. The maximum atomic E-state index is 13.5. The van der Waals surface area contributed by atoms with Crippen LogP contribution in [-0.2, 0) is 4.79 Å². The van der Waals surface area contributed by atoms with Crippen molar-refractivity contribution in [2.45, 2.75) is 12.5 Å². The number of benzene rings is 1. The number of hydrogen-bond acceptors (Lipinski definition) is 3. The summed E-state index contributed by atoms with van der Waals surface area (Å²) >= 11 is 0. The summed E-state index contributed by atoms with van der Waals surface area (Å²) in [4.78, 5) is 25.8. The van der Waals surface area contributed by atoms with Gasteiger partial charge >= 0.3 is 6.03 Å². The zero-order valence-corrected chi connectivity index (χ0v) is 12.1. The van der Waals surface area contributed by atoms with Crippen LogP contribution < -0.4 is 10.6 Å². The Kier molecular flexibility index (Phi) is 3.99. The van der Waals surface area contributed by atoms with Crippen LogP contribution in [0.15, 0.2) is 29.5 Å². The Hall–Kier alpha value is -2.48. The Morgan fingerprint density at radius 1 is 1.26 bits per heavy atom. The van der Waals surface area contributed by atoms with Gasteiger partial charge in [-0.1, -0.05) is 6.07 Å². The van der Waals surface area contributed by atoms with Gasteiger partial charge < -0.3 is 20.6 Å². The Morgan fingerprint density at radius 2 is 2.04 bits per heavy atom. The Balaban J connectivity index is 1.94. The van der Waals surface area contributed by atoms with E-state index in [2.05, 4.69) is 10.6 Å². The number of aliphatic hydroxyl groups excluding tert-OH is 1. The maximum absolute atomic E-state index is 13.5. The largest absolute Gasteiger partial charge is 0.396 e. The highest BCUT2D eigenvalue weighted by atomic mass is 19.2. The third-order valence-electron chi connectivity index (χ3n) is 3.88. The smallest absolute Gasteiger partial charge is 0.319 e. The monoisotopic (exact) mass is 323 g/mol. The highest BCUT2D eigenvalue weighted by Crippen LogP contribution is 2.32. The van der Waals surface area contributed by atoms with Gasteiger partial charge in [-0.3, -0.25) is 4.79 Å². The van der Waals surface area contributed by atoms with Crippen molar-refractivity contribution >= 4 is 11.9 Å². The van der Waals surface area contributed by atoms with E-state index >= 15 is 0 Å². The number of aliphatic hydroxyl groups is 1. The summed E-state index contributed by atoms with van der Waals surface area (Å²) in [5.41, 5.74) is 1.06. The van der Waals surface area contributed by atoms with E-state index in [1.165, 1.54) is 11.0 Å². The molecular weight excluding hydrogens is 308 g/mol. The van der Waals surface area contributed by atoms with Crippen molar-refractivity contribution in [2.24, 2.45) is 0 Å². The first-order chi connectivity index (χ1) is 11.0. The van der Waals surface area contributed by atoms with Crippen molar-refractivity contribution in [3.05, 3.63) is 46.7 Å². The van der Waals surface area contributed by atoms with Gasteiger partial charge in [0.05, 0.1) is 23.9 Å². The second kappa shape index (κ2) is 5.96. The van der Waals surface area contributed by atoms with E-state index in [1.807, 2.05) is 0 Å². The van der Waals surface area contributed by atoms with Gasteiger partial charge in [0.1, 0.15) is 0 Å². The number of rotatable bonds is 4. The zero-order chi connectivity index (χ0) is 16.6. The number of urea groups is 1. The van der Waals surface area contributed by atoms with Crippen LogP contribution >= 0.6 is 0 Å². The highest BCUT2D eigenvalue weighted by Gasteiger charge is 2.40. The molecule has 0 saturated heterocycles. The topological polar surface area (TPSA) is 81.7 Å². The number of carbonyl (C=O) groups is 2. The van der Waals surface area contributed by atoms with Crippen LogP contribution in [-0.4, -0.2) is 41.6 Å². The Bertz CT molecular complexity index is 705. The van der Waals surface area contributed by atoms with Crippen molar-refractivity contribution in [1.29, 1.82) is 0 Å². The number of nitrogens with one attached hydrogen (secondary N) is 2. The van der Waals surface area contributed by atoms with Crippen LogP contribution in [0.1, 0.15) is 18.0 Å². The molecule has 3 rings (SSSR count). The predicted octanol–water partition coefficient (Wildman–Crippen LogP) is 0.797. The van der Waals surface area contributed by atoms with Crippen molar-refractivity contribution in [3.63, 3.8) is 0 Å². The molecule has 3 amide bonds. The molecule has 2 heterocycles. The van der Waals surface area contributed by atoms with E-state index in [0.29, 0.717) is 29.8 Å². The van der Waals surface area contributed by atoms with Crippen LogP contribution in [0.25, 0.3) is 0 Å². The van der Waals surface area contributed by atoms with Crippen LogP contribution in [0.4, 0.5) is 13.6 Å². The zero-order valence-electron chi connectivity index (χ0n) is 12.1. The molecule has 0 saturated carbocycles. The molecule has 122 valence electrons. The lowest BCUT2D eigenvalue weighted by Crippen LogP contribution is -2.44. The minimum absolute atomic E-state index is 0.0499. The molecule has 1 unspecified atom stereocenters. The van der Waals surface area contributed by atoms with E-state index < -0.39 is 23.7 Å². The summed E-state index contributed by atoms with van der Waals surface area (Å²) in [6, 6.07) is 1.93. The van der Waals surface area contributed by atoms with Gasteiger partial charge in [0.2, 0.25) is 0 Å². The number of halogens is 2. The van der Waals surface area contributed by atoms with Crippen LogP contribution in [0.5, 0.6) is 0 Å². The molecule has 0 aliphatic carbocycles. The fourth-order valence-corrected chi connectivity index (χ4v) is 2.81. The van der Waals surface area contributed by atoms with Gasteiger partial charge in [0.15, 0.2) is 11.6 Å². The van der Waals surface area contributed by atoms with E-state index in [1.54, 1.807) is 0 Å². The molecule has 0 bridgehead atoms. The normalized spacial score (nSPS) is 20.5. The number of carbonyl (C=O) groups excluding carboxylic acids is 2. The Labute approximate surface area is 130 Å². The lowest BCUT2D eigenvalue weighted by molar-refractivity contribution is -0.125. The molecule has 1 aromatic carbocycles. The van der Waals surface area contributed by atoms with E-state index in [-0.39, 0.29) is 19.1 Å². The predicted molar refractivity (Wildman–Crippen MR) is 76.1 cm³/mol. The van der Waals surface area contributed by atoms with Crippen molar-refractivity contribution in [1.82, 2.24) is 15.5 Å². The lowest BCUT2D eigenvalue weighted by Gasteiger charge is -2.25. The third-order valence-corrected chi connectivity index (χ3v) is 3.88. The van der Waals surface area contributed by atoms with Gasteiger partial charge in [-0.05, 0) is 24.1 Å². The van der Waals surface area contributed by atoms with Gasteiger partial charge in [-0.15, -0.1) is 0 Å². The molecule has 0 radical (unpaired) electrons. The van der Waals surface area contributed by atoms with Crippen molar-refractivity contribution in [3.8, 4) is 0 Å². The molecule has 2 aliphatic rings. The summed E-state index contributed by atoms with van der Waals surface area (Å²) < 4.78 is 26.6. The maximum Gasteiger partial charge on any atom is 0.319 e. The van der Waals surface area contributed by atoms with Crippen molar-refractivity contribution < 1.29 is 23.5 Å². The van der Waals surface area contributed by atoms with Crippen LogP contribution in [0.3, 0.4) is 0 Å². The van der Waals surface area contributed by atoms with Gasteiger partial charge in [-0.25, -0.2) is 13.6 Å². The van der Waals surface area contributed by atoms with E-state index in [9.17, 15) is 18.4 Å². The summed E-state index contributed by atoms with van der Waals surface area (Å²) in [6.45, 7) is 0.524. The first kappa shape index (κ1) is 15.4. The molecular formula is C15H15F2N3O3. The van der Waals surface area contributed by atoms with Gasteiger partial charge in [-0.2, -0.15) is 0 Å². The second-order valence-corrected chi connectivity index (χ2v) is 5.40. The van der Waals surface area contributed by atoms with E-state index in [4.69, 9.17) is 5.11 Å². The first-order valence-corrected chi connectivity index (χ1v) is 7.17. The average Bonchev–Trinajstić information content (AvgIpc) is 2.83. The van der Waals surface area contributed by atoms with Crippen molar-refractivity contribution in [2.75, 3.05) is 19.7 Å². The fourth-order valence-electron chi connectivity index (χ4n) is 2.81. The standard InChI is InChI=1S/C15H15F2N3O3/c16-9-3-2-8(6-10(9)17)13-12-11(18-15(23)19-13)7-20(14(12)22)4-1-5-21/h2-3,6,13,21H,1,4-5,7H2,(H2,18,19,23). The molecule has 6 nitrogen and oxygen atoms in total. The minimum Gasteiger partial charge on any atom is -0.396 e. The highest BCUT2D eigenvalue weighted by molar-refractivity contribution is 6.01. The third kappa shape index (κ3) is 2.77. The van der Waals surface area contributed by atoms with Crippen LogP contribution in [0.2, 0.25) is 0 Å². The number of amides is 3. The number of nitrogens with zero attached hydrogens (tertiary/aromatic N) is 1. The first-order valence-electron chi connectivity index (χ1n) is 7.17. The molecule has 1 aromatic rings. The fraction of sp³-hybridized carbons (Fsp3) is 0.333. The van der Waals surface area contributed by atoms with Gasteiger partial charge in [0.25, 0.3) is 5.91 Å². The molecule has 0 aromatic heterocycles. The summed E-state index contributed by atoms with van der Waals surface area (Å²) in [5, 5.41) is 14.0. The molecule has 23 heavy (non-hydrogen) atoms. The van der Waals surface area contributed by atoms with E-state index in [0.717, 1.165) is 12.1 Å². The molecule has 8 heteroatoms. The SMILES string of the molecule is O=C1NC2=C(C(=O)N(CCCO)C2)C(c2ccc(F)c(F)c2)N1. The van der Waals surface area contributed by atoms with Gasteiger partial charge in [0, 0.05) is 13.2 Å². The quantitative estimate of drug-likeness (QED) is 0.766. The summed E-state index contributed by atoms with van der Waals surface area (Å²) in [5.74, 6) is -2.33. The molecule has 1 atom stereocenters. The molecule has 3 N–H and O–H groups in total. The number of hydrogen-bond donors (Lipinski definition) is 3. The molecule has 2 aliphatic heterocycles. The summed E-state index contributed by atoms with van der Waals surface area (Å²) in [6.07, 6.45) is 0.420. The Morgan fingerprint density at radius 3 is 2.74 bits per heavy atom. The summed E-state index contributed by atoms with van der Waals surface area (Å²) in [7, 11) is 0. The molecule has 0 spiro atoms. The average molecular weight is 323 g/mol.